The lowest BCUT2D eigenvalue weighted by Crippen LogP contribution is -2.37. The van der Waals surface area contributed by atoms with Crippen molar-refractivity contribution in [3.8, 4) is 5.75 Å². The normalized spacial score (nSPS) is 20.0. The molecule has 1 amide bonds. The fourth-order valence-electron chi connectivity index (χ4n) is 5.68. The Kier molecular flexibility index (Phi) is 7.13. The Bertz CT molecular complexity index is 1350. The molecular formula is C27H35N5O6S. The van der Waals surface area contributed by atoms with E-state index >= 15 is 0 Å². The number of sulfonamides is 1. The number of hydrogen-bond donors (Lipinski definition) is 3. The minimum atomic E-state index is -3.81. The summed E-state index contributed by atoms with van der Waals surface area (Å²) in [6.07, 6.45) is 5.32. The van der Waals surface area contributed by atoms with Crippen molar-refractivity contribution in [1.82, 2.24) is 9.71 Å². The molecule has 1 spiro atoms. The zero-order chi connectivity index (χ0) is 27.0. The Morgan fingerprint density at radius 3 is 2.51 bits per heavy atom. The molecule has 3 N–H and O–H groups in total. The average molecular weight is 558 g/mol. The second kappa shape index (κ2) is 10.6. The van der Waals surface area contributed by atoms with Gasteiger partial charge in [0.1, 0.15) is 5.69 Å². The number of anilines is 3. The monoisotopic (exact) mass is 557 g/mol. The lowest BCUT2D eigenvalue weighted by Gasteiger charge is -2.35. The van der Waals surface area contributed by atoms with Crippen LogP contribution in [0.2, 0.25) is 0 Å². The zero-order valence-electron chi connectivity index (χ0n) is 21.9. The highest BCUT2D eigenvalue weighted by atomic mass is 32.2. The highest BCUT2D eigenvalue weighted by Crippen LogP contribution is 2.54. The molecule has 1 saturated carbocycles. The predicted octanol–water partition coefficient (Wildman–Crippen LogP) is 1.76. The quantitative estimate of drug-likeness (QED) is 0.444. The number of aliphatic hydroxyl groups is 1. The minimum absolute atomic E-state index is 0.0679. The van der Waals surface area contributed by atoms with Crippen molar-refractivity contribution in [2.45, 2.75) is 37.0 Å². The number of pyridine rings is 1. The smallest absolute Gasteiger partial charge is 0.274 e. The first-order valence-electron chi connectivity index (χ1n) is 13.7. The molecule has 12 heteroatoms. The van der Waals surface area contributed by atoms with Crippen molar-refractivity contribution in [1.29, 1.82) is 0 Å². The zero-order valence-corrected chi connectivity index (χ0v) is 22.8. The van der Waals surface area contributed by atoms with Crippen molar-refractivity contribution >= 4 is 33.1 Å². The number of rotatable bonds is 8. The van der Waals surface area contributed by atoms with Gasteiger partial charge in [-0.3, -0.25) is 4.79 Å². The van der Waals surface area contributed by atoms with Crippen molar-refractivity contribution in [3.63, 3.8) is 0 Å². The fraction of sp³-hybridized carbons (Fsp3) is 0.556. The molecule has 1 aromatic heterocycles. The first-order valence-corrected chi connectivity index (χ1v) is 15.2. The van der Waals surface area contributed by atoms with Gasteiger partial charge in [0.25, 0.3) is 5.91 Å². The van der Waals surface area contributed by atoms with Gasteiger partial charge >= 0.3 is 0 Å². The Balaban J connectivity index is 1.30. The topological polar surface area (TPSA) is 133 Å². The van der Waals surface area contributed by atoms with Crippen LogP contribution in [0.4, 0.5) is 17.2 Å². The summed E-state index contributed by atoms with van der Waals surface area (Å²) >= 11 is 0. The van der Waals surface area contributed by atoms with E-state index in [0.29, 0.717) is 67.6 Å². The van der Waals surface area contributed by atoms with Crippen LogP contribution in [-0.2, 0) is 21.2 Å². The number of nitrogens with one attached hydrogen (secondary N) is 2. The Labute approximate surface area is 228 Å². The Morgan fingerprint density at radius 2 is 1.79 bits per heavy atom. The molecule has 0 atom stereocenters. The summed E-state index contributed by atoms with van der Waals surface area (Å²) in [7, 11) is -3.81. The predicted molar refractivity (Wildman–Crippen MR) is 146 cm³/mol. The van der Waals surface area contributed by atoms with Gasteiger partial charge in [0.05, 0.1) is 42.7 Å². The van der Waals surface area contributed by atoms with Crippen LogP contribution >= 0.6 is 0 Å². The number of benzene rings is 1. The first kappa shape index (κ1) is 26.3. The maximum absolute atomic E-state index is 13.6. The number of ether oxygens (including phenoxy) is 2. The average Bonchev–Trinajstić information content (AvgIpc) is 3.53. The van der Waals surface area contributed by atoms with Gasteiger partial charge in [-0.1, -0.05) is 0 Å². The molecule has 2 saturated heterocycles. The summed E-state index contributed by atoms with van der Waals surface area (Å²) in [5.74, 6) is 1.05. The van der Waals surface area contributed by atoms with Crippen LogP contribution in [-0.4, -0.2) is 83.6 Å². The van der Waals surface area contributed by atoms with Crippen LogP contribution < -0.4 is 24.6 Å². The third kappa shape index (κ3) is 5.43. The van der Waals surface area contributed by atoms with Gasteiger partial charge in [-0.25, -0.2) is 18.1 Å². The molecular weight excluding hydrogens is 522 g/mol. The van der Waals surface area contributed by atoms with E-state index in [1.54, 1.807) is 18.2 Å². The molecule has 39 heavy (non-hydrogen) atoms. The fourth-order valence-corrected chi connectivity index (χ4v) is 6.72. The lowest BCUT2D eigenvalue weighted by molar-refractivity contribution is 0.102. The van der Waals surface area contributed by atoms with E-state index < -0.39 is 10.0 Å². The molecule has 0 bridgehead atoms. The summed E-state index contributed by atoms with van der Waals surface area (Å²) in [4.78, 5) is 22.6. The van der Waals surface area contributed by atoms with E-state index in [4.69, 9.17) is 19.6 Å². The Hall–Kier alpha value is -2.93. The molecule has 3 aliphatic heterocycles. The van der Waals surface area contributed by atoms with E-state index in [9.17, 15) is 13.2 Å². The minimum Gasteiger partial charge on any atom is -0.489 e. The number of morpholine rings is 1. The second-order valence-electron chi connectivity index (χ2n) is 10.8. The molecule has 1 aromatic carbocycles. The first-order chi connectivity index (χ1) is 18.9. The van der Waals surface area contributed by atoms with Gasteiger partial charge in [-0.15, -0.1) is 0 Å². The molecule has 210 valence electrons. The van der Waals surface area contributed by atoms with Gasteiger partial charge < -0.3 is 29.7 Å². The standard InChI is InChI=1S/C27H35N5O6S/c33-13-8-28-39(35,36)20-1-2-21(23(18-20)31-9-6-27(4-5-27)7-10-31)30-26(34)22-17-19-3-14-38-24(19)25(29-22)32-11-15-37-16-12-32/h1-2,17-18,28,33H,3-16H2,(H,30,34). The van der Waals surface area contributed by atoms with Crippen LogP contribution in [0, 0.1) is 5.41 Å². The number of carbonyl (C=O) groups is 1. The van der Waals surface area contributed by atoms with Gasteiger partial charge in [0, 0.05) is 44.7 Å². The number of aromatic nitrogens is 1. The SMILES string of the molecule is O=C(Nc1ccc(S(=O)(=O)NCCO)cc1N1CCC2(CC1)CC2)c1cc2c(c(N3CCOCC3)n1)OCC2. The van der Waals surface area contributed by atoms with Gasteiger partial charge in [0.15, 0.2) is 11.6 Å². The second-order valence-corrected chi connectivity index (χ2v) is 12.5. The highest BCUT2D eigenvalue weighted by molar-refractivity contribution is 7.89. The summed E-state index contributed by atoms with van der Waals surface area (Å²) in [5.41, 5.74) is 2.91. The maximum atomic E-state index is 13.6. The van der Waals surface area contributed by atoms with Crippen LogP contribution in [0.25, 0.3) is 0 Å². The largest absolute Gasteiger partial charge is 0.489 e. The molecule has 4 heterocycles. The number of fused-ring (bicyclic) bond motifs is 1. The number of amides is 1. The molecule has 11 nitrogen and oxygen atoms in total. The van der Waals surface area contributed by atoms with Crippen LogP contribution in [0.15, 0.2) is 29.2 Å². The number of piperidine rings is 1. The van der Waals surface area contributed by atoms with Crippen LogP contribution in [0.5, 0.6) is 5.75 Å². The van der Waals surface area contributed by atoms with Crippen molar-refractivity contribution in [2.24, 2.45) is 5.41 Å². The van der Waals surface area contributed by atoms with Crippen LogP contribution in [0.1, 0.15) is 41.7 Å². The molecule has 4 aliphatic rings. The van der Waals surface area contributed by atoms with Crippen LogP contribution in [0.3, 0.4) is 0 Å². The summed E-state index contributed by atoms with van der Waals surface area (Å²) < 4.78 is 39.4. The molecule has 0 radical (unpaired) electrons. The number of carbonyl (C=O) groups excluding carboxylic acids is 1. The van der Waals surface area contributed by atoms with Crippen molar-refractivity contribution in [3.05, 3.63) is 35.5 Å². The summed E-state index contributed by atoms with van der Waals surface area (Å²) in [6, 6.07) is 6.52. The van der Waals surface area contributed by atoms with E-state index in [0.717, 1.165) is 37.2 Å². The number of aliphatic hydroxyl groups excluding tert-OH is 1. The lowest BCUT2D eigenvalue weighted by atomic mass is 9.93. The van der Waals surface area contributed by atoms with Gasteiger partial charge in [-0.2, -0.15) is 0 Å². The molecule has 1 aliphatic carbocycles. The summed E-state index contributed by atoms with van der Waals surface area (Å²) in [5, 5.41) is 12.1. The number of nitrogens with zero attached hydrogens (tertiary/aromatic N) is 3. The van der Waals surface area contributed by atoms with Gasteiger partial charge in [0.2, 0.25) is 10.0 Å². The Morgan fingerprint density at radius 1 is 1.03 bits per heavy atom. The highest BCUT2D eigenvalue weighted by Gasteiger charge is 2.44. The molecule has 6 rings (SSSR count). The third-order valence-electron chi connectivity index (χ3n) is 8.25. The van der Waals surface area contributed by atoms with E-state index in [1.807, 2.05) is 0 Å². The maximum Gasteiger partial charge on any atom is 0.274 e. The van der Waals surface area contributed by atoms with E-state index in [2.05, 4.69) is 19.8 Å². The van der Waals surface area contributed by atoms with Crippen molar-refractivity contribution < 1.29 is 27.8 Å². The third-order valence-corrected chi connectivity index (χ3v) is 9.71. The van der Waals surface area contributed by atoms with E-state index in [-0.39, 0.29) is 24.0 Å². The summed E-state index contributed by atoms with van der Waals surface area (Å²) in [6.45, 7) is 4.33. The molecule has 2 aromatic rings. The molecule has 3 fully saturated rings. The van der Waals surface area contributed by atoms with Gasteiger partial charge in [-0.05, 0) is 55.4 Å². The van der Waals surface area contributed by atoms with E-state index in [1.165, 1.54) is 18.9 Å². The number of hydrogen-bond acceptors (Lipinski definition) is 9. The molecule has 0 unspecified atom stereocenters. The van der Waals surface area contributed by atoms with Crippen molar-refractivity contribution in [2.75, 3.05) is 74.3 Å².